The highest BCUT2D eigenvalue weighted by molar-refractivity contribution is 6.10. The van der Waals surface area contributed by atoms with Crippen LogP contribution >= 0.6 is 0 Å². The number of rotatable bonds is 5. The number of nitrogen functional groups attached to an aromatic ring is 1. The fourth-order valence-electron chi connectivity index (χ4n) is 3.48. The minimum atomic E-state index is -0.426. The largest absolute Gasteiger partial charge is 0.383 e. The molecule has 4 rings (SSSR count). The Morgan fingerprint density at radius 2 is 1.82 bits per heavy atom. The minimum Gasteiger partial charge on any atom is -0.383 e. The molecule has 0 unspecified atom stereocenters. The highest BCUT2D eigenvalue weighted by Crippen LogP contribution is 2.30. The maximum Gasteiger partial charge on any atom is 0.165 e. The number of aryl methyl sites for hydroxylation is 1. The normalized spacial score (nSPS) is 11.9. The molecule has 0 aliphatic heterocycles. The molecule has 170 valence electrons. The van der Waals surface area contributed by atoms with Gasteiger partial charge in [-0.1, -0.05) is 32.9 Å². The van der Waals surface area contributed by atoms with E-state index in [9.17, 15) is 4.39 Å². The van der Waals surface area contributed by atoms with E-state index in [1.165, 1.54) is 11.6 Å². The number of benzene rings is 1. The lowest BCUT2D eigenvalue weighted by Gasteiger charge is -2.11. The Morgan fingerprint density at radius 3 is 2.42 bits per heavy atom. The molecule has 0 aliphatic rings. The van der Waals surface area contributed by atoms with Crippen molar-refractivity contribution in [3.63, 3.8) is 0 Å². The summed E-state index contributed by atoms with van der Waals surface area (Å²) in [5.41, 5.74) is 10.8. The van der Waals surface area contributed by atoms with Gasteiger partial charge < -0.3 is 5.73 Å². The summed E-state index contributed by atoms with van der Waals surface area (Å²) in [6.07, 6.45) is 3.95. The molecule has 6 nitrogen and oxygen atoms in total. The first-order chi connectivity index (χ1) is 16.1. The first kappa shape index (κ1) is 23.8. The lowest BCUT2D eigenvalue weighted by Crippen LogP contribution is -2.07. The van der Waals surface area contributed by atoms with Crippen LogP contribution in [-0.2, 0) is 6.42 Å². The monoisotopic (exact) mass is 444 g/mol. The molecule has 0 fully saturated rings. The standard InChI is InChI=1S/C24H23FN6.C2H6/c1-4-15-8-10-16(11-9-15)31-23(17-7-6-14-28-22(17)26)30-20-13-12-19(29-24(20)31)21(27-3)18(25)5-2;1-2/h5-14H,4H2,1-3H3,(H2,26,28);1-2H3/b18-5+,27-21?;. The average Bonchev–Trinajstić information content (AvgIpc) is 3.24. The van der Waals surface area contributed by atoms with Crippen molar-refractivity contribution in [2.75, 3.05) is 12.8 Å². The van der Waals surface area contributed by atoms with Crippen LogP contribution in [0.3, 0.4) is 0 Å². The van der Waals surface area contributed by atoms with Gasteiger partial charge in [0.15, 0.2) is 11.5 Å². The molecular weight excluding hydrogens is 415 g/mol. The molecule has 7 heteroatoms. The number of allylic oxidation sites excluding steroid dienone is 2. The third-order valence-electron chi connectivity index (χ3n) is 5.13. The number of aromatic nitrogens is 4. The molecule has 0 spiro atoms. The second-order valence-corrected chi connectivity index (χ2v) is 6.98. The number of fused-ring (bicyclic) bond motifs is 1. The van der Waals surface area contributed by atoms with Crippen LogP contribution in [0.1, 0.15) is 39.0 Å². The molecule has 0 saturated heterocycles. The van der Waals surface area contributed by atoms with Gasteiger partial charge in [0.05, 0.1) is 11.3 Å². The Kier molecular flexibility index (Phi) is 7.66. The number of pyridine rings is 2. The third kappa shape index (κ3) is 4.67. The number of hydrogen-bond donors (Lipinski definition) is 1. The zero-order valence-corrected chi connectivity index (χ0v) is 19.7. The summed E-state index contributed by atoms with van der Waals surface area (Å²) in [7, 11) is 1.55. The maximum absolute atomic E-state index is 14.4. The first-order valence-electron chi connectivity index (χ1n) is 11.1. The Labute approximate surface area is 193 Å². The summed E-state index contributed by atoms with van der Waals surface area (Å²) in [5.74, 6) is 0.570. The number of hydrogen-bond acceptors (Lipinski definition) is 5. The fraction of sp³-hybridized carbons (Fsp3) is 0.231. The molecular formula is C26H29FN6. The van der Waals surface area contributed by atoms with Gasteiger partial charge in [-0.25, -0.2) is 19.3 Å². The van der Waals surface area contributed by atoms with Gasteiger partial charge in [0, 0.05) is 18.9 Å². The average molecular weight is 445 g/mol. The lowest BCUT2D eigenvalue weighted by atomic mass is 10.1. The van der Waals surface area contributed by atoms with Gasteiger partial charge >= 0.3 is 0 Å². The predicted molar refractivity (Wildman–Crippen MR) is 135 cm³/mol. The predicted octanol–water partition coefficient (Wildman–Crippen LogP) is 5.95. The van der Waals surface area contributed by atoms with Gasteiger partial charge in [-0.15, -0.1) is 0 Å². The van der Waals surface area contributed by atoms with E-state index in [0.29, 0.717) is 34.1 Å². The minimum absolute atomic E-state index is 0.195. The van der Waals surface area contributed by atoms with Gasteiger partial charge in [0.1, 0.15) is 22.9 Å². The van der Waals surface area contributed by atoms with Crippen molar-refractivity contribution in [2.24, 2.45) is 4.99 Å². The summed E-state index contributed by atoms with van der Waals surface area (Å²) in [6.45, 7) is 7.74. The fourth-order valence-corrected chi connectivity index (χ4v) is 3.48. The number of nitrogens with zero attached hydrogens (tertiary/aromatic N) is 5. The van der Waals surface area contributed by atoms with Crippen molar-refractivity contribution < 1.29 is 4.39 Å². The third-order valence-corrected chi connectivity index (χ3v) is 5.13. The Balaban J connectivity index is 0.00000149. The van der Waals surface area contributed by atoms with Gasteiger partial charge in [-0.05, 0) is 61.4 Å². The van der Waals surface area contributed by atoms with E-state index in [0.717, 1.165) is 12.1 Å². The Hall–Kier alpha value is -3.87. The van der Waals surface area contributed by atoms with Gasteiger partial charge in [-0.2, -0.15) is 0 Å². The van der Waals surface area contributed by atoms with E-state index in [1.807, 2.05) is 48.7 Å². The Bertz CT molecular complexity index is 1300. The second-order valence-electron chi connectivity index (χ2n) is 6.98. The molecule has 0 atom stereocenters. The van der Waals surface area contributed by atoms with E-state index < -0.39 is 5.83 Å². The SMILES string of the molecule is C/C=C(/F)C(=NC)c1ccc2nc(-c3cccnc3N)n(-c3ccc(CC)cc3)c2n1.CC. The highest BCUT2D eigenvalue weighted by Gasteiger charge is 2.20. The van der Waals surface area contributed by atoms with Crippen LogP contribution in [0, 0.1) is 0 Å². The van der Waals surface area contributed by atoms with E-state index in [-0.39, 0.29) is 5.71 Å². The van der Waals surface area contributed by atoms with Crippen LogP contribution in [0.15, 0.2) is 71.6 Å². The van der Waals surface area contributed by atoms with Crippen LogP contribution in [0.25, 0.3) is 28.2 Å². The lowest BCUT2D eigenvalue weighted by molar-refractivity contribution is 0.678. The van der Waals surface area contributed by atoms with Gasteiger partial charge in [0.2, 0.25) is 0 Å². The topological polar surface area (TPSA) is 82.0 Å². The maximum atomic E-state index is 14.4. The smallest absolute Gasteiger partial charge is 0.165 e. The van der Waals surface area contributed by atoms with Crippen LogP contribution in [0.4, 0.5) is 10.2 Å². The number of anilines is 1. The van der Waals surface area contributed by atoms with Gasteiger partial charge in [0.25, 0.3) is 0 Å². The summed E-state index contributed by atoms with van der Waals surface area (Å²) < 4.78 is 16.3. The van der Waals surface area contributed by atoms with Crippen molar-refractivity contribution >= 4 is 22.7 Å². The number of nitrogens with two attached hydrogens (primary N) is 1. The van der Waals surface area contributed by atoms with Crippen molar-refractivity contribution in [3.8, 4) is 17.1 Å². The summed E-state index contributed by atoms with van der Waals surface area (Å²) >= 11 is 0. The van der Waals surface area contributed by atoms with Crippen molar-refractivity contribution in [3.05, 3.63) is 77.9 Å². The highest BCUT2D eigenvalue weighted by atomic mass is 19.1. The zero-order valence-electron chi connectivity index (χ0n) is 19.7. The van der Waals surface area contributed by atoms with E-state index >= 15 is 0 Å². The van der Waals surface area contributed by atoms with E-state index in [1.54, 1.807) is 26.2 Å². The number of imidazole rings is 1. The number of aliphatic imine (C=N–C) groups is 1. The molecule has 3 heterocycles. The van der Waals surface area contributed by atoms with Crippen LogP contribution in [0.2, 0.25) is 0 Å². The molecule has 3 aromatic heterocycles. The van der Waals surface area contributed by atoms with Crippen LogP contribution < -0.4 is 5.73 Å². The molecule has 0 bridgehead atoms. The van der Waals surface area contributed by atoms with E-state index in [4.69, 9.17) is 15.7 Å². The molecule has 33 heavy (non-hydrogen) atoms. The first-order valence-corrected chi connectivity index (χ1v) is 11.1. The summed E-state index contributed by atoms with van der Waals surface area (Å²) in [5, 5.41) is 0. The molecule has 0 aliphatic carbocycles. The second kappa shape index (κ2) is 10.6. The quantitative estimate of drug-likeness (QED) is 0.386. The van der Waals surface area contributed by atoms with Gasteiger partial charge in [-0.3, -0.25) is 9.56 Å². The molecule has 2 N–H and O–H groups in total. The number of halogens is 1. The van der Waals surface area contributed by atoms with Crippen LogP contribution in [0.5, 0.6) is 0 Å². The Morgan fingerprint density at radius 1 is 1.09 bits per heavy atom. The molecule has 1 aromatic carbocycles. The van der Waals surface area contributed by atoms with Crippen molar-refractivity contribution in [1.82, 2.24) is 19.5 Å². The van der Waals surface area contributed by atoms with Crippen molar-refractivity contribution in [1.29, 1.82) is 0 Å². The van der Waals surface area contributed by atoms with Crippen LogP contribution in [-0.4, -0.2) is 32.3 Å². The summed E-state index contributed by atoms with van der Waals surface area (Å²) in [6, 6.07) is 15.4. The molecule has 0 radical (unpaired) electrons. The zero-order chi connectivity index (χ0) is 24.0. The molecule has 0 amide bonds. The van der Waals surface area contributed by atoms with Crippen molar-refractivity contribution in [2.45, 2.75) is 34.1 Å². The van der Waals surface area contributed by atoms with E-state index in [2.05, 4.69) is 29.0 Å². The molecule has 0 saturated carbocycles. The molecule has 4 aromatic rings. The summed E-state index contributed by atoms with van der Waals surface area (Å²) in [4.78, 5) is 17.8.